The molecule has 6 nitrogen and oxygen atoms in total. The number of nitro groups is 1. The molecule has 0 spiro atoms. The maximum atomic E-state index is 11.2. The van der Waals surface area contributed by atoms with Gasteiger partial charge in [0, 0.05) is 43.0 Å². The third-order valence-electron chi connectivity index (χ3n) is 3.97. The molecule has 3 rings (SSSR count). The van der Waals surface area contributed by atoms with E-state index in [-0.39, 0.29) is 11.4 Å². The second-order valence-electron chi connectivity index (χ2n) is 5.38. The van der Waals surface area contributed by atoms with Crippen molar-refractivity contribution in [1.29, 1.82) is 0 Å². The number of hydrogen-bond acceptors (Lipinski definition) is 5. The van der Waals surface area contributed by atoms with Crippen LogP contribution in [0.4, 0.5) is 17.1 Å². The van der Waals surface area contributed by atoms with Crippen LogP contribution in [0.3, 0.4) is 0 Å². The van der Waals surface area contributed by atoms with E-state index < -0.39 is 4.92 Å². The minimum Gasteiger partial charge on any atom is -0.508 e. The molecule has 7 heteroatoms. The molecule has 1 aliphatic rings. The molecule has 0 atom stereocenters. The Bertz CT molecular complexity index is 713. The number of anilines is 2. The molecule has 2 aromatic carbocycles. The maximum absolute atomic E-state index is 11.2. The number of nitro benzene ring substituents is 1. The fraction of sp³-hybridized carbons (Fsp3) is 0.250. The van der Waals surface area contributed by atoms with Gasteiger partial charge in [0.2, 0.25) is 0 Å². The van der Waals surface area contributed by atoms with Gasteiger partial charge in [0.25, 0.3) is 5.69 Å². The van der Waals surface area contributed by atoms with Crippen molar-refractivity contribution in [3.05, 3.63) is 57.6 Å². The van der Waals surface area contributed by atoms with Crippen LogP contribution in [-0.2, 0) is 0 Å². The largest absolute Gasteiger partial charge is 0.508 e. The van der Waals surface area contributed by atoms with E-state index >= 15 is 0 Å². The normalized spacial score (nSPS) is 14.8. The predicted octanol–water partition coefficient (Wildman–Crippen LogP) is 3.28. The smallest absolute Gasteiger partial charge is 0.294 e. The first-order valence-electron chi connectivity index (χ1n) is 7.27. The molecule has 2 aromatic rings. The lowest BCUT2D eigenvalue weighted by Gasteiger charge is -2.37. The number of benzene rings is 2. The Morgan fingerprint density at radius 2 is 1.61 bits per heavy atom. The summed E-state index contributed by atoms with van der Waals surface area (Å²) >= 11 is 5.86. The van der Waals surface area contributed by atoms with Crippen molar-refractivity contribution in [1.82, 2.24) is 0 Å². The molecule has 0 unspecified atom stereocenters. The summed E-state index contributed by atoms with van der Waals surface area (Å²) in [6, 6.07) is 11.8. The lowest BCUT2D eigenvalue weighted by atomic mass is 10.2. The molecule has 0 aliphatic carbocycles. The van der Waals surface area contributed by atoms with Gasteiger partial charge in [0.1, 0.15) is 11.4 Å². The van der Waals surface area contributed by atoms with Crippen LogP contribution in [-0.4, -0.2) is 36.2 Å². The molecular formula is C16H16ClN3O3. The van der Waals surface area contributed by atoms with Gasteiger partial charge in [-0.25, -0.2) is 0 Å². The highest BCUT2D eigenvalue weighted by molar-refractivity contribution is 6.30. The summed E-state index contributed by atoms with van der Waals surface area (Å²) in [6.07, 6.45) is 0. The molecule has 0 amide bonds. The van der Waals surface area contributed by atoms with E-state index in [4.69, 9.17) is 11.6 Å². The minimum absolute atomic E-state index is 0.0376. The third kappa shape index (κ3) is 3.32. The van der Waals surface area contributed by atoms with Crippen LogP contribution in [0.2, 0.25) is 5.02 Å². The van der Waals surface area contributed by atoms with Gasteiger partial charge < -0.3 is 14.9 Å². The first-order chi connectivity index (χ1) is 11.0. The molecule has 1 aliphatic heterocycles. The Morgan fingerprint density at radius 3 is 2.22 bits per heavy atom. The summed E-state index contributed by atoms with van der Waals surface area (Å²) in [5.74, 6) is 0.240. The van der Waals surface area contributed by atoms with E-state index in [1.165, 1.54) is 6.07 Å². The average Bonchev–Trinajstić information content (AvgIpc) is 2.56. The van der Waals surface area contributed by atoms with Crippen molar-refractivity contribution < 1.29 is 10.0 Å². The van der Waals surface area contributed by atoms with Gasteiger partial charge in [0.05, 0.1) is 4.92 Å². The fourth-order valence-electron chi connectivity index (χ4n) is 2.78. The van der Waals surface area contributed by atoms with Crippen molar-refractivity contribution >= 4 is 28.7 Å². The lowest BCUT2D eigenvalue weighted by molar-refractivity contribution is -0.384. The number of hydrogen-bond donors (Lipinski definition) is 1. The van der Waals surface area contributed by atoms with Crippen LogP contribution >= 0.6 is 11.6 Å². The van der Waals surface area contributed by atoms with E-state index in [1.807, 2.05) is 17.0 Å². The summed E-state index contributed by atoms with van der Waals surface area (Å²) in [7, 11) is 0. The lowest BCUT2D eigenvalue weighted by Crippen LogP contribution is -2.46. The van der Waals surface area contributed by atoms with Crippen LogP contribution in [0.1, 0.15) is 0 Å². The van der Waals surface area contributed by atoms with Gasteiger partial charge in [-0.3, -0.25) is 10.1 Å². The van der Waals surface area contributed by atoms with E-state index in [1.54, 1.807) is 24.3 Å². The van der Waals surface area contributed by atoms with Crippen LogP contribution in [0, 0.1) is 10.1 Å². The topological polar surface area (TPSA) is 69.9 Å². The van der Waals surface area contributed by atoms with E-state index in [0.717, 1.165) is 18.8 Å². The molecule has 1 saturated heterocycles. The van der Waals surface area contributed by atoms with Crippen LogP contribution in [0.15, 0.2) is 42.5 Å². The molecule has 0 radical (unpaired) electrons. The zero-order chi connectivity index (χ0) is 16.4. The molecular weight excluding hydrogens is 318 g/mol. The highest BCUT2D eigenvalue weighted by atomic mass is 35.5. The van der Waals surface area contributed by atoms with Gasteiger partial charge in [0.15, 0.2) is 0 Å². The number of nitrogens with zero attached hydrogens (tertiary/aromatic N) is 3. The van der Waals surface area contributed by atoms with Gasteiger partial charge in [-0.15, -0.1) is 0 Å². The van der Waals surface area contributed by atoms with E-state index in [0.29, 0.717) is 23.8 Å². The number of phenolic OH excluding ortho intramolecular Hbond substituents is 1. The van der Waals surface area contributed by atoms with Crippen molar-refractivity contribution in [2.75, 3.05) is 36.0 Å². The van der Waals surface area contributed by atoms with Gasteiger partial charge >= 0.3 is 0 Å². The summed E-state index contributed by atoms with van der Waals surface area (Å²) in [6.45, 7) is 2.88. The van der Waals surface area contributed by atoms with Crippen LogP contribution in [0.25, 0.3) is 0 Å². The highest BCUT2D eigenvalue weighted by Crippen LogP contribution is 2.32. The molecule has 1 heterocycles. The zero-order valence-electron chi connectivity index (χ0n) is 12.4. The van der Waals surface area contributed by atoms with Crippen molar-refractivity contribution in [3.63, 3.8) is 0 Å². The van der Waals surface area contributed by atoms with Gasteiger partial charge in [-0.1, -0.05) is 11.6 Å². The molecule has 0 aromatic heterocycles. The summed E-state index contributed by atoms with van der Waals surface area (Å²) in [5, 5.41) is 20.9. The molecule has 0 saturated carbocycles. The van der Waals surface area contributed by atoms with E-state index in [2.05, 4.69) is 4.90 Å². The first-order valence-corrected chi connectivity index (χ1v) is 7.65. The number of phenols is 1. The van der Waals surface area contributed by atoms with Gasteiger partial charge in [-0.2, -0.15) is 0 Å². The SMILES string of the molecule is O=[N+]([O-])c1cc(Cl)ccc1N1CCN(c2ccc(O)cc2)CC1. The number of piperazine rings is 1. The fourth-order valence-corrected chi connectivity index (χ4v) is 2.95. The Hall–Kier alpha value is -2.47. The molecule has 1 N–H and O–H groups in total. The summed E-state index contributed by atoms with van der Waals surface area (Å²) in [5.41, 5.74) is 1.67. The number of rotatable bonds is 3. The van der Waals surface area contributed by atoms with Crippen molar-refractivity contribution in [2.24, 2.45) is 0 Å². The average molecular weight is 334 g/mol. The second-order valence-corrected chi connectivity index (χ2v) is 5.82. The second kappa shape index (κ2) is 6.34. The quantitative estimate of drug-likeness (QED) is 0.689. The molecule has 1 fully saturated rings. The Kier molecular flexibility index (Phi) is 4.25. The Morgan fingerprint density at radius 1 is 1.00 bits per heavy atom. The number of halogens is 1. The summed E-state index contributed by atoms with van der Waals surface area (Å²) < 4.78 is 0. The van der Waals surface area contributed by atoms with Crippen molar-refractivity contribution in [3.8, 4) is 5.75 Å². The Balaban J connectivity index is 1.74. The predicted molar refractivity (Wildman–Crippen MR) is 90.6 cm³/mol. The standard InChI is InChI=1S/C16H16ClN3O3/c17-12-1-6-15(16(11-12)20(22)23)19-9-7-18(8-10-19)13-2-4-14(21)5-3-13/h1-6,11,21H,7-10H2. The van der Waals surface area contributed by atoms with Crippen LogP contribution < -0.4 is 9.80 Å². The number of aromatic hydroxyl groups is 1. The molecule has 120 valence electrons. The first kappa shape index (κ1) is 15.4. The van der Waals surface area contributed by atoms with Crippen LogP contribution in [0.5, 0.6) is 5.75 Å². The van der Waals surface area contributed by atoms with Crippen molar-refractivity contribution in [2.45, 2.75) is 0 Å². The zero-order valence-corrected chi connectivity index (χ0v) is 13.1. The third-order valence-corrected chi connectivity index (χ3v) is 4.20. The highest BCUT2D eigenvalue weighted by Gasteiger charge is 2.24. The maximum Gasteiger partial charge on any atom is 0.294 e. The summed E-state index contributed by atoms with van der Waals surface area (Å²) in [4.78, 5) is 15.0. The molecule has 0 bridgehead atoms. The van der Waals surface area contributed by atoms with E-state index in [9.17, 15) is 15.2 Å². The monoisotopic (exact) mass is 333 g/mol. The minimum atomic E-state index is -0.395. The Labute approximate surface area is 138 Å². The molecule has 23 heavy (non-hydrogen) atoms. The van der Waals surface area contributed by atoms with Gasteiger partial charge in [-0.05, 0) is 36.4 Å².